The summed E-state index contributed by atoms with van der Waals surface area (Å²) in [6.07, 6.45) is -0.208. The molecule has 0 saturated carbocycles. The summed E-state index contributed by atoms with van der Waals surface area (Å²) < 4.78 is 4.50. The summed E-state index contributed by atoms with van der Waals surface area (Å²) in [5.41, 5.74) is 1.51. The van der Waals surface area contributed by atoms with Crippen molar-refractivity contribution in [1.82, 2.24) is 5.32 Å². The molecule has 0 atom stereocenters. The molecule has 0 radical (unpaired) electrons. The molecule has 2 aromatic rings. The lowest BCUT2D eigenvalue weighted by Crippen LogP contribution is -2.24. The number of carbonyl (C=O) groups is 2. The molecular formula is C15H16N2O3S. The Labute approximate surface area is 126 Å². The summed E-state index contributed by atoms with van der Waals surface area (Å²) in [5, 5.41) is 7.41. The summed E-state index contributed by atoms with van der Waals surface area (Å²) in [6.45, 7) is 0.554. The zero-order valence-electron chi connectivity index (χ0n) is 11.6. The van der Waals surface area contributed by atoms with Gasteiger partial charge in [0.25, 0.3) is 0 Å². The van der Waals surface area contributed by atoms with Crippen LogP contribution in [0.15, 0.2) is 41.8 Å². The van der Waals surface area contributed by atoms with Gasteiger partial charge in [-0.05, 0) is 29.1 Å². The Hall–Kier alpha value is -2.34. The predicted octanol–water partition coefficient (Wildman–Crippen LogP) is 2.79. The fourth-order valence-corrected chi connectivity index (χ4v) is 2.37. The quantitative estimate of drug-likeness (QED) is 0.892. The van der Waals surface area contributed by atoms with Crippen molar-refractivity contribution in [3.05, 3.63) is 52.2 Å². The van der Waals surface area contributed by atoms with Crippen LogP contribution in [0.4, 0.5) is 10.5 Å². The van der Waals surface area contributed by atoms with Crippen molar-refractivity contribution in [3.63, 3.8) is 0 Å². The molecule has 0 aliphatic carbocycles. The molecule has 2 amide bonds. The summed E-state index contributed by atoms with van der Waals surface area (Å²) in [4.78, 5) is 24.0. The van der Waals surface area contributed by atoms with Crippen LogP contribution in [0.5, 0.6) is 0 Å². The summed E-state index contributed by atoms with van der Waals surface area (Å²) in [7, 11) is 1.31. The molecule has 0 bridgehead atoms. The lowest BCUT2D eigenvalue weighted by molar-refractivity contribution is -0.120. The van der Waals surface area contributed by atoms with Gasteiger partial charge in [-0.3, -0.25) is 10.1 Å². The average Bonchev–Trinajstić information content (AvgIpc) is 3.00. The lowest BCUT2D eigenvalue weighted by atomic mass is 10.1. The zero-order valence-corrected chi connectivity index (χ0v) is 12.4. The molecule has 110 valence electrons. The van der Waals surface area contributed by atoms with Crippen molar-refractivity contribution in [2.75, 3.05) is 12.4 Å². The third-order valence-electron chi connectivity index (χ3n) is 2.79. The summed E-state index contributed by atoms with van der Waals surface area (Å²) in [5.74, 6) is -0.0305. The number of rotatable bonds is 5. The topological polar surface area (TPSA) is 67.4 Å². The normalized spacial score (nSPS) is 9.95. The van der Waals surface area contributed by atoms with E-state index in [9.17, 15) is 9.59 Å². The van der Waals surface area contributed by atoms with E-state index in [1.54, 1.807) is 35.6 Å². The molecule has 1 aromatic heterocycles. The number of amides is 2. The van der Waals surface area contributed by atoms with Crippen LogP contribution in [-0.2, 0) is 22.5 Å². The molecular weight excluding hydrogens is 288 g/mol. The molecule has 0 unspecified atom stereocenters. The van der Waals surface area contributed by atoms with Gasteiger partial charge in [0.05, 0.1) is 20.1 Å². The first-order valence-corrected chi connectivity index (χ1v) is 7.28. The van der Waals surface area contributed by atoms with Crippen molar-refractivity contribution >= 4 is 29.0 Å². The SMILES string of the molecule is COC(=O)Nc1ccc(CC(=O)NCc2cccs2)cc1. The van der Waals surface area contributed by atoms with Gasteiger partial charge in [0.2, 0.25) is 5.91 Å². The highest BCUT2D eigenvalue weighted by Gasteiger charge is 2.05. The van der Waals surface area contributed by atoms with Gasteiger partial charge in [-0.15, -0.1) is 11.3 Å². The molecule has 0 spiro atoms. The standard InChI is InChI=1S/C15H16N2O3S/c1-20-15(19)17-12-6-4-11(5-7-12)9-14(18)16-10-13-3-2-8-21-13/h2-8H,9-10H2,1H3,(H,16,18)(H,17,19). The first-order chi connectivity index (χ1) is 10.2. The smallest absolute Gasteiger partial charge is 0.411 e. The molecule has 0 aliphatic heterocycles. The second-order valence-corrected chi connectivity index (χ2v) is 5.38. The van der Waals surface area contributed by atoms with E-state index in [-0.39, 0.29) is 5.91 Å². The summed E-state index contributed by atoms with van der Waals surface area (Å²) >= 11 is 1.61. The highest BCUT2D eigenvalue weighted by atomic mass is 32.1. The molecule has 1 aromatic carbocycles. The maximum absolute atomic E-state index is 11.8. The number of methoxy groups -OCH3 is 1. The number of hydrogen-bond donors (Lipinski definition) is 2. The fourth-order valence-electron chi connectivity index (χ4n) is 1.72. The van der Waals surface area contributed by atoms with Crippen LogP contribution in [0.2, 0.25) is 0 Å². The van der Waals surface area contributed by atoms with Crippen molar-refractivity contribution in [2.45, 2.75) is 13.0 Å². The minimum Gasteiger partial charge on any atom is -0.453 e. The average molecular weight is 304 g/mol. The second-order valence-electron chi connectivity index (χ2n) is 4.35. The Morgan fingerprint density at radius 2 is 1.95 bits per heavy atom. The van der Waals surface area contributed by atoms with Crippen LogP contribution in [0.3, 0.4) is 0 Å². The van der Waals surface area contributed by atoms with Crippen molar-refractivity contribution in [2.24, 2.45) is 0 Å². The number of nitrogens with one attached hydrogen (secondary N) is 2. The highest BCUT2D eigenvalue weighted by molar-refractivity contribution is 7.09. The van der Waals surface area contributed by atoms with Crippen LogP contribution >= 0.6 is 11.3 Å². The number of hydrogen-bond acceptors (Lipinski definition) is 4. The molecule has 0 aliphatic rings. The van der Waals surface area contributed by atoms with Gasteiger partial charge in [0, 0.05) is 10.6 Å². The maximum atomic E-state index is 11.8. The molecule has 6 heteroatoms. The number of carbonyl (C=O) groups excluding carboxylic acids is 2. The van der Waals surface area contributed by atoms with Gasteiger partial charge >= 0.3 is 6.09 Å². The minimum absolute atomic E-state index is 0.0305. The highest BCUT2D eigenvalue weighted by Crippen LogP contribution is 2.11. The Balaban J connectivity index is 1.82. The number of thiophene rings is 1. The van der Waals surface area contributed by atoms with E-state index in [4.69, 9.17) is 0 Å². The Morgan fingerprint density at radius 3 is 2.57 bits per heavy atom. The maximum Gasteiger partial charge on any atom is 0.411 e. The van der Waals surface area contributed by atoms with Crippen molar-refractivity contribution in [1.29, 1.82) is 0 Å². The van der Waals surface area contributed by atoms with E-state index in [1.165, 1.54) is 7.11 Å². The van der Waals surface area contributed by atoms with E-state index in [1.807, 2.05) is 17.5 Å². The summed E-state index contributed by atoms with van der Waals surface area (Å²) in [6, 6.07) is 11.0. The first kappa shape index (κ1) is 15.1. The minimum atomic E-state index is -0.517. The van der Waals surface area contributed by atoms with Crippen LogP contribution < -0.4 is 10.6 Å². The fraction of sp³-hybridized carbons (Fsp3) is 0.200. The van der Waals surface area contributed by atoms with Crippen LogP contribution in [0, 0.1) is 0 Å². The molecule has 0 fully saturated rings. The third kappa shape index (κ3) is 4.92. The van der Waals surface area contributed by atoms with E-state index < -0.39 is 6.09 Å². The Morgan fingerprint density at radius 1 is 1.19 bits per heavy atom. The van der Waals surface area contributed by atoms with E-state index in [0.717, 1.165) is 10.4 Å². The van der Waals surface area contributed by atoms with Gasteiger partial charge in [0.15, 0.2) is 0 Å². The molecule has 2 rings (SSSR count). The van der Waals surface area contributed by atoms with Crippen molar-refractivity contribution < 1.29 is 14.3 Å². The molecule has 1 heterocycles. The first-order valence-electron chi connectivity index (χ1n) is 6.40. The number of ether oxygens (including phenoxy) is 1. The monoisotopic (exact) mass is 304 g/mol. The van der Waals surface area contributed by atoms with Gasteiger partial charge in [-0.1, -0.05) is 18.2 Å². The third-order valence-corrected chi connectivity index (χ3v) is 3.67. The second kappa shape index (κ2) is 7.44. The van der Waals surface area contributed by atoms with Crippen LogP contribution in [0.1, 0.15) is 10.4 Å². The zero-order chi connectivity index (χ0) is 15.1. The van der Waals surface area contributed by atoms with E-state index in [0.29, 0.717) is 18.7 Å². The molecule has 2 N–H and O–H groups in total. The van der Waals surface area contributed by atoms with Crippen LogP contribution in [-0.4, -0.2) is 19.1 Å². The lowest BCUT2D eigenvalue weighted by Gasteiger charge is -2.06. The predicted molar refractivity (Wildman–Crippen MR) is 82.3 cm³/mol. The van der Waals surface area contributed by atoms with Gasteiger partial charge in [-0.2, -0.15) is 0 Å². The number of anilines is 1. The Bertz CT molecular complexity index is 594. The van der Waals surface area contributed by atoms with Crippen molar-refractivity contribution in [3.8, 4) is 0 Å². The van der Waals surface area contributed by atoms with Gasteiger partial charge in [0.1, 0.15) is 0 Å². The van der Waals surface area contributed by atoms with E-state index >= 15 is 0 Å². The number of benzene rings is 1. The van der Waals surface area contributed by atoms with E-state index in [2.05, 4.69) is 15.4 Å². The Kier molecular flexibility index (Phi) is 5.34. The molecule has 0 saturated heterocycles. The van der Waals surface area contributed by atoms with Crippen LogP contribution in [0.25, 0.3) is 0 Å². The molecule has 5 nitrogen and oxygen atoms in total. The van der Waals surface area contributed by atoms with Gasteiger partial charge in [-0.25, -0.2) is 4.79 Å². The largest absolute Gasteiger partial charge is 0.453 e. The molecule has 21 heavy (non-hydrogen) atoms. The van der Waals surface area contributed by atoms with Gasteiger partial charge < -0.3 is 10.1 Å².